The summed E-state index contributed by atoms with van der Waals surface area (Å²) in [7, 11) is 0. The zero-order chi connectivity index (χ0) is 19.4. The van der Waals surface area contributed by atoms with Crippen LogP contribution in [-0.4, -0.2) is 44.3 Å². The monoisotopic (exact) mass is 382 g/mol. The molecule has 1 saturated heterocycles. The number of amides is 3. The molecule has 3 amide bonds. The van der Waals surface area contributed by atoms with Gasteiger partial charge in [-0.15, -0.1) is 0 Å². The smallest absolute Gasteiger partial charge is 0.323 e. The molecule has 2 aromatic rings. The Balaban J connectivity index is 1.50. The van der Waals surface area contributed by atoms with Gasteiger partial charge in [0.25, 0.3) is 5.91 Å². The van der Waals surface area contributed by atoms with Gasteiger partial charge in [0, 0.05) is 17.6 Å². The van der Waals surface area contributed by atoms with Crippen LogP contribution in [0.1, 0.15) is 61.3 Å². The number of hydrogen-bond acceptors (Lipinski definition) is 4. The molecule has 1 atom stereocenters. The molecule has 28 heavy (non-hydrogen) atoms. The molecule has 146 valence electrons. The zero-order valence-corrected chi connectivity index (χ0v) is 15.4. The van der Waals surface area contributed by atoms with E-state index in [9.17, 15) is 19.2 Å². The van der Waals surface area contributed by atoms with Gasteiger partial charge in [-0.25, -0.2) is 4.79 Å². The molecule has 0 spiro atoms. The van der Waals surface area contributed by atoms with Gasteiger partial charge in [0.1, 0.15) is 6.04 Å². The van der Waals surface area contributed by atoms with Gasteiger partial charge in [-0.1, -0.05) is 12.8 Å². The van der Waals surface area contributed by atoms with Crippen molar-refractivity contribution in [3.05, 3.63) is 34.2 Å². The first kappa shape index (κ1) is 17.2. The molecule has 8 nitrogen and oxygen atoms in total. The van der Waals surface area contributed by atoms with Crippen molar-refractivity contribution in [2.45, 2.75) is 63.1 Å². The Bertz CT molecular complexity index is 1040. The van der Waals surface area contributed by atoms with Crippen LogP contribution in [0.25, 0.3) is 11.0 Å². The van der Waals surface area contributed by atoms with Gasteiger partial charge >= 0.3 is 5.69 Å². The molecule has 0 bridgehead atoms. The zero-order valence-electron chi connectivity index (χ0n) is 15.4. The Morgan fingerprint density at radius 1 is 1.07 bits per heavy atom. The third kappa shape index (κ3) is 2.75. The molecule has 1 aliphatic heterocycles. The SMILES string of the molecule is O=C1CC(N(C(=O)c2ccc3c(c2)[nH]c(=O)n3C2CCCC2)C2CC2)C(=O)N1. The van der Waals surface area contributed by atoms with E-state index in [0.29, 0.717) is 11.1 Å². The number of carbonyl (C=O) groups is 3. The highest BCUT2D eigenvalue weighted by molar-refractivity contribution is 6.08. The summed E-state index contributed by atoms with van der Waals surface area (Å²) < 4.78 is 1.80. The molecule has 8 heteroatoms. The molecule has 5 rings (SSSR count). The van der Waals surface area contributed by atoms with Gasteiger partial charge in [0.15, 0.2) is 0 Å². The number of fused-ring (bicyclic) bond motifs is 1. The molecule has 2 saturated carbocycles. The fourth-order valence-corrected chi connectivity index (χ4v) is 4.62. The topological polar surface area (TPSA) is 104 Å². The van der Waals surface area contributed by atoms with Gasteiger partial charge in [-0.05, 0) is 43.9 Å². The molecule has 1 aromatic heterocycles. The van der Waals surface area contributed by atoms with Crippen LogP contribution < -0.4 is 11.0 Å². The molecule has 3 fully saturated rings. The number of imidazole rings is 1. The fourth-order valence-electron chi connectivity index (χ4n) is 4.62. The third-order valence-electron chi connectivity index (χ3n) is 6.11. The average Bonchev–Trinajstić information content (AvgIpc) is 3.07. The summed E-state index contributed by atoms with van der Waals surface area (Å²) in [4.78, 5) is 53.8. The minimum Gasteiger partial charge on any atom is -0.323 e. The van der Waals surface area contributed by atoms with Crippen LogP contribution in [-0.2, 0) is 9.59 Å². The number of nitrogens with one attached hydrogen (secondary N) is 2. The second kappa shape index (κ2) is 6.32. The number of carbonyl (C=O) groups excluding carboxylic acids is 3. The van der Waals surface area contributed by atoms with Crippen molar-refractivity contribution < 1.29 is 14.4 Å². The Morgan fingerprint density at radius 2 is 1.82 bits per heavy atom. The highest BCUT2D eigenvalue weighted by atomic mass is 16.2. The third-order valence-corrected chi connectivity index (χ3v) is 6.11. The largest absolute Gasteiger partial charge is 0.326 e. The van der Waals surface area contributed by atoms with Gasteiger partial charge < -0.3 is 9.88 Å². The van der Waals surface area contributed by atoms with Crippen LogP contribution in [0.4, 0.5) is 0 Å². The number of imide groups is 1. The minimum absolute atomic E-state index is 0.00742. The number of aromatic amines is 1. The molecule has 2 N–H and O–H groups in total. The number of nitrogens with zero attached hydrogens (tertiary/aromatic N) is 2. The molecule has 0 radical (unpaired) electrons. The van der Waals surface area contributed by atoms with Crippen LogP contribution in [0.5, 0.6) is 0 Å². The predicted octanol–water partition coefficient (Wildman–Crippen LogP) is 1.46. The first-order chi connectivity index (χ1) is 13.5. The van der Waals surface area contributed by atoms with Crippen LogP contribution in [0, 0.1) is 0 Å². The number of aromatic nitrogens is 2. The first-order valence-corrected chi connectivity index (χ1v) is 9.93. The predicted molar refractivity (Wildman–Crippen MR) is 101 cm³/mol. The van der Waals surface area contributed by atoms with Crippen molar-refractivity contribution in [3.8, 4) is 0 Å². The second-order valence-corrected chi connectivity index (χ2v) is 8.05. The van der Waals surface area contributed by atoms with Gasteiger partial charge in [0.2, 0.25) is 11.8 Å². The lowest BCUT2D eigenvalue weighted by molar-refractivity contribution is -0.126. The highest BCUT2D eigenvalue weighted by Crippen LogP contribution is 2.33. The summed E-state index contributed by atoms with van der Waals surface area (Å²) in [5.41, 5.74) is 1.71. The lowest BCUT2D eigenvalue weighted by Crippen LogP contribution is -2.45. The summed E-state index contributed by atoms with van der Waals surface area (Å²) >= 11 is 0. The first-order valence-electron chi connectivity index (χ1n) is 9.93. The van der Waals surface area contributed by atoms with Crippen molar-refractivity contribution in [1.82, 2.24) is 19.8 Å². The molecule has 2 aliphatic carbocycles. The number of hydrogen-bond donors (Lipinski definition) is 2. The molecule has 2 heterocycles. The summed E-state index contributed by atoms with van der Waals surface area (Å²) in [6.45, 7) is 0. The Hall–Kier alpha value is -2.90. The molecule has 1 unspecified atom stereocenters. The van der Waals surface area contributed by atoms with E-state index in [1.165, 1.54) is 0 Å². The van der Waals surface area contributed by atoms with Gasteiger partial charge in [-0.3, -0.25) is 24.3 Å². The summed E-state index contributed by atoms with van der Waals surface area (Å²) in [6, 6.07) is 4.67. The maximum atomic E-state index is 13.2. The summed E-state index contributed by atoms with van der Waals surface area (Å²) in [5.74, 6) is -1.03. The minimum atomic E-state index is -0.745. The molecule has 1 aromatic carbocycles. The molecule has 3 aliphatic rings. The normalized spacial score (nSPS) is 22.8. The van der Waals surface area contributed by atoms with Crippen molar-refractivity contribution in [3.63, 3.8) is 0 Å². The Kier molecular flexibility index (Phi) is 3.89. The van der Waals surface area contributed by atoms with E-state index < -0.39 is 11.9 Å². The lowest BCUT2D eigenvalue weighted by Gasteiger charge is -2.26. The lowest BCUT2D eigenvalue weighted by atomic mass is 10.1. The second-order valence-electron chi connectivity index (χ2n) is 8.05. The number of H-pyrrole nitrogens is 1. The Labute approximate surface area is 160 Å². The quantitative estimate of drug-likeness (QED) is 0.781. The number of benzene rings is 1. The molecular formula is C20H22N4O4. The van der Waals surface area contributed by atoms with E-state index >= 15 is 0 Å². The maximum Gasteiger partial charge on any atom is 0.326 e. The van der Waals surface area contributed by atoms with E-state index in [1.807, 2.05) is 6.07 Å². The van der Waals surface area contributed by atoms with E-state index in [-0.39, 0.29) is 36.0 Å². The fraction of sp³-hybridized carbons (Fsp3) is 0.500. The van der Waals surface area contributed by atoms with Gasteiger partial charge in [0.05, 0.1) is 17.5 Å². The van der Waals surface area contributed by atoms with E-state index in [4.69, 9.17) is 0 Å². The van der Waals surface area contributed by atoms with E-state index in [2.05, 4.69) is 10.3 Å². The summed E-state index contributed by atoms with van der Waals surface area (Å²) in [5, 5.41) is 2.29. The highest BCUT2D eigenvalue weighted by Gasteiger charge is 2.45. The summed E-state index contributed by atoms with van der Waals surface area (Å²) in [6.07, 6.45) is 5.92. The van der Waals surface area contributed by atoms with Crippen LogP contribution >= 0.6 is 0 Å². The maximum absolute atomic E-state index is 13.2. The number of rotatable bonds is 4. The van der Waals surface area contributed by atoms with Crippen LogP contribution in [0.2, 0.25) is 0 Å². The van der Waals surface area contributed by atoms with Crippen molar-refractivity contribution in [1.29, 1.82) is 0 Å². The van der Waals surface area contributed by atoms with E-state index in [1.54, 1.807) is 21.6 Å². The van der Waals surface area contributed by atoms with Crippen LogP contribution in [0.3, 0.4) is 0 Å². The average molecular weight is 382 g/mol. The van der Waals surface area contributed by atoms with Crippen molar-refractivity contribution in [2.24, 2.45) is 0 Å². The Morgan fingerprint density at radius 3 is 2.46 bits per heavy atom. The molecular weight excluding hydrogens is 360 g/mol. The standard InChI is InChI=1S/C20H22N4O4/c25-17-10-16(18(26)22-17)23(13-6-7-13)19(27)11-5-8-15-14(9-11)21-20(28)24(15)12-3-1-2-4-12/h5,8-9,12-13,16H,1-4,6-7,10H2,(H,21,28)(H,22,25,26). The van der Waals surface area contributed by atoms with Crippen molar-refractivity contribution in [2.75, 3.05) is 0 Å². The van der Waals surface area contributed by atoms with Gasteiger partial charge in [-0.2, -0.15) is 0 Å². The van der Waals surface area contributed by atoms with Crippen molar-refractivity contribution >= 4 is 28.8 Å². The van der Waals surface area contributed by atoms with E-state index in [0.717, 1.165) is 44.0 Å². The van der Waals surface area contributed by atoms with Crippen LogP contribution in [0.15, 0.2) is 23.0 Å².